The van der Waals surface area contributed by atoms with Crippen molar-refractivity contribution in [1.82, 2.24) is 9.88 Å². The number of para-hydroxylation sites is 2. The largest absolute Gasteiger partial charge is 0.491 e. The van der Waals surface area contributed by atoms with Crippen LogP contribution in [0, 0.1) is 17.8 Å². The highest BCUT2D eigenvalue weighted by Crippen LogP contribution is 2.65. The van der Waals surface area contributed by atoms with Crippen LogP contribution in [-0.4, -0.2) is 67.0 Å². The Morgan fingerprint density at radius 2 is 1.67 bits per heavy atom. The molecule has 250 valence electrons. The SMILES string of the molecule is O=C1[C@H]2[C@H](CC=C3[C@H]2C[C@@]2(Cl)C(=O)N(CBr)C(=O)[C@@]2(Cl)[C@H]3c2ccc(OCCO)cc2)C(=O)N1c1ccc(-c2nc3ccccc3o2)cc1. The van der Waals surface area contributed by atoms with E-state index < -0.39 is 51.1 Å². The fourth-order valence-electron chi connectivity index (χ4n) is 8.05. The number of carbonyl (C=O) groups is 4. The molecule has 2 aliphatic heterocycles. The van der Waals surface area contributed by atoms with Gasteiger partial charge in [-0.15, -0.1) is 23.2 Å². The fourth-order valence-corrected chi connectivity index (χ4v) is 9.48. The number of allylic oxidation sites excluding steroid dienone is 2. The number of hydrogen-bond acceptors (Lipinski definition) is 8. The lowest BCUT2D eigenvalue weighted by atomic mass is 9.56. The van der Waals surface area contributed by atoms with Gasteiger partial charge in [0.1, 0.15) is 17.9 Å². The van der Waals surface area contributed by atoms with Crippen LogP contribution in [0.4, 0.5) is 5.69 Å². The minimum absolute atomic E-state index is 0.0999. The molecule has 0 bridgehead atoms. The van der Waals surface area contributed by atoms with E-state index in [2.05, 4.69) is 20.9 Å². The van der Waals surface area contributed by atoms with Crippen molar-refractivity contribution >= 4 is 79.5 Å². The van der Waals surface area contributed by atoms with E-state index in [1.807, 2.05) is 30.3 Å². The summed E-state index contributed by atoms with van der Waals surface area (Å²) in [6.07, 6.45) is 2.04. The van der Waals surface area contributed by atoms with Gasteiger partial charge in [0.05, 0.1) is 29.6 Å². The third-order valence-corrected chi connectivity index (χ3v) is 12.2. The molecular formula is C36H28BrCl2N3O7. The van der Waals surface area contributed by atoms with Crippen molar-refractivity contribution in [3.8, 4) is 17.2 Å². The molecule has 1 aromatic heterocycles. The lowest BCUT2D eigenvalue weighted by Crippen LogP contribution is -2.60. The second kappa shape index (κ2) is 11.8. The van der Waals surface area contributed by atoms with Crippen LogP contribution in [0.2, 0.25) is 0 Å². The quantitative estimate of drug-likeness (QED) is 0.109. The van der Waals surface area contributed by atoms with Crippen molar-refractivity contribution in [2.45, 2.75) is 28.5 Å². The number of likely N-dealkylation sites (tertiary alicyclic amines) is 1. The van der Waals surface area contributed by atoms with Gasteiger partial charge in [-0.3, -0.25) is 29.0 Å². The molecule has 13 heteroatoms. The van der Waals surface area contributed by atoms with Crippen molar-refractivity contribution in [2.75, 3.05) is 23.6 Å². The number of fused-ring (bicyclic) bond motifs is 5. The molecule has 0 unspecified atom stereocenters. The molecule has 4 aromatic rings. The molecule has 10 nitrogen and oxygen atoms in total. The van der Waals surface area contributed by atoms with Crippen molar-refractivity contribution in [3.05, 3.63) is 90.0 Å². The predicted octanol–water partition coefficient (Wildman–Crippen LogP) is 5.78. The van der Waals surface area contributed by atoms with Gasteiger partial charge < -0.3 is 14.3 Å². The van der Waals surface area contributed by atoms with Crippen molar-refractivity contribution in [3.63, 3.8) is 0 Å². The number of benzene rings is 3. The number of amides is 4. The molecule has 3 aromatic carbocycles. The van der Waals surface area contributed by atoms with Gasteiger partial charge in [-0.05, 0) is 72.9 Å². The molecule has 1 saturated carbocycles. The summed E-state index contributed by atoms with van der Waals surface area (Å²) in [6, 6.07) is 21.2. The first kappa shape index (κ1) is 32.2. The topological polar surface area (TPSA) is 130 Å². The Morgan fingerprint density at radius 3 is 2.37 bits per heavy atom. The number of halogens is 3. The number of aliphatic hydroxyl groups is 1. The van der Waals surface area contributed by atoms with E-state index in [4.69, 9.17) is 37.5 Å². The molecule has 3 fully saturated rings. The van der Waals surface area contributed by atoms with Gasteiger partial charge in [0.25, 0.3) is 11.8 Å². The Hall–Kier alpha value is -4.03. The van der Waals surface area contributed by atoms with E-state index in [1.54, 1.807) is 48.5 Å². The first-order chi connectivity index (χ1) is 23.6. The smallest absolute Gasteiger partial charge is 0.254 e. The van der Waals surface area contributed by atoms with E-state index in [0.29, 0.717) is 39.6 Å². The summed E-state index contributed by atoms with van der Waals surface area (Å²) in [5.41, 5.74) is 3.66. The average molecular weight is 765 g/mol. The molecule has 2 saturated heterocycles. The molecule has 49 heavy (non-hydrogen) atoms. The summed E-state index contributed by atoms with van der Waals surface area (Å²) < 4.78 is 11.4. The van der Waals surface area contributed by atoms with E-state index in [9.17, 15) is 19.2 Å². The van der Waals surface area contributed by atoms with Crippen LogP contribution in [0.25, 0.3) is 22.6 Å². The first-order valence-electron chi connectivity index (χ1n) is 15.8. The maximum absolute atomic E-state index is 14.4. The lowest BCUT2D eigenvalue weighted by molar-refractivity contribution is -0.138. The lowest BCUT2D eigenvalue weighted by Gasteiger charge is -2.50. The third-order valence-electron chi connectivity index (χ3n) is 10.3. The monoisotopic (exact) mass is 763 g/mol. The zero-order valence-electron chi connectivity index (χ0n) is 25.7. The molecule has 4 amide bonds. The summed E-state index contributed by atoms with van der Waals surface area (Å²) in [6.45, 7) is -0.0604. The van der Waals surface area contributed by atoms with Gasteiger partial charge in [-0.2, -0.15) is 0 Å². The summed E-state index contributed by atoms with van der Waals surface area (Å²) in [5, 5.41) is 9.17. The van der Waals surface area contributed by atoms with E-state index >= 15 is 0 Å². The number of imide groups is 2. The molecule has 6 atom stereocenters. The molecule has 2 aliphatic carbocycles. The van der Waals surface area contributed by atoms with E-state index in [0.717, 1.165) is 10.4 Å². The maximum atomic E-state index is 14.4. The summed E-state index contributed by atoms with van der Waals surface area (Å²) in [7, 11) is 0. The molecule has 1 N–H and O–H groups in total. The second-order valence-electron chi connectivity index (χ2n) is 12.7. The number of hydrogen-bond donors (Lipinski definition) is 1. The number of oxazole rings is 1. The van der Waals surface area contributed by atoms with Crippen LogP contribution < -0.4 is 9.64 Å². The fraction of sp³-hybridized carbons (Fsp3) is 0.306. The van der Waals surface area contributed by atoms with E-state index in [-0.39, 0.29) is 37.4 Å². The molecule has 0 spiro atoms. The molecular weight excluding hydrogens is 737 g/mol. The van der Waals surface area contributed by atoms with Crippen LogP contribution >= 0.6 is 39.1 Å². The van der Waals surface area contributed by atoms with Crippen LogP contribution in [-0.2, 0) is 19.2 Å². The summed E-state index contributed by atoms with van der Waals surface area (Å²) >= 11 is 17.9. The highest BCUT2D eigenvalue weighted by molar-refractivity contribution is 9.09. The minimum Gasteiger partial charge on any atom is -0.491 e. The minimum atomic E-state index is -1.89. The van der Waals surface area contributed by atoms with Crippen LogP contribution in [0.15, 0.2) is 88.9 Å². The second-order valence-corrected chi connectivity index (χ2v) is 14.4. The van der Waals surface area contributed by atoms with Gasteiger partial charge in [-0.25, -0.2) is 4.98 Å². The normalized spacial score (nSPS) is 29.3. The van der Waals surface area contributed by atoms with Gasteiger partial charge >= 0.3 is 0 Å². The molecule has 0 radical (unpaired) electrons. The molecule has 8 rings (SSSR count). The van der Waals surface area contributed by atoms with Gasteiger partial charge in [0.2, 0.25) is 17.7 Å². The van der Waals surface area contributed by atoms with Crippen molar-refractivity contribution < 1.29 is 33.4 Å². The highest BCUT2D eigenvalue weighted by Gasteiger charge is 2.76. The number of carbonyl (C=O) groups excluding carboxylic acids is 4. The van der Waals surface area contributed by atoms with E-state index in [1.165, 1.54) is 4.90 Å². The average Bonchev–Trinajstić information content (AvgIpc) is 3.70. The zero-order chi connectivity index (χ0) is 34.2. The Balaban J connectivity index is 1.16. The Labute approximate surface area is 298 Å². The maximum Gasteiger partial charge on any atom is 0.254 e. The van der Waals surface area contributed by atoms with Crippen LogP contribution in [0.1, 0.15) is 24.3 Å². The van der Waals surface area contributed by atoms with Crippen molar-refractivity contribution in [2.24, 2.45) is 17.8 Å². The van der Waals surface area contributed by atoms with Crippen LogP contribution in [0.5, 0.6) is 5.75 Å². The predicted molar refractivity (Wildman–Crippen MR) is 184 cm³/mol. The standard InChI is InChI=1S/C36H28BrCl2N3O7/c37-18-41-33(46)35(38)17-25-23(29(36(35,39)34(41)47)19-7-11-22(12-8-19)48-16-15-43)13-14-24-28(25)32(45)42(31(24)44)21-9-5-20(6-10-21)30-40-26-3-1-2-4-27(26)49-30/h1-13,24-25,28-29,43H,14-18H2/t24-,25+,28-,29-,35+,36-/m0/s1. The summed E-state index contributed by atoms with van der Waals surface area (Å²) in [5.74, 6) is -4.15. The zero-order valence-corrected chi connectivity index (χ0v) is 28.8. The van der Waals surface area contributed by atoms with Gasteiger partial charge in [0, 0.05) is 11.5 Å². The number of rotatable bonds is 7. The Kier molecular flexibility index (Phi) is 7.75. The number of aliphatic hydroxyl groups excluding tert-OH is 1. The van der Waals surface area contributed by atoms with Gasteiger partial charge in [0.15, 0.2) is 15.3 Å². The first-order valence-corrected chi connectivity index (χ1v) is 17.7. The third kappa shape index (κ3) is 4.59. The number of anilines is 1. The molecule has 4 aliphatic rings. The van der Waals surface area contributed by atoms with Gasteiger partial charge in [-0.1, -0.05) is 51.8 Å². The molecule has 3 heterocycles. The number of nitrogens with zero attached hydrogens (tertiary/aromatic N) is 3. The summed E-state index contributed by atoms with van der Waals surface area (Å²) in [4.78, 5) is 59.2. The Bertz CT molecular complexity index is 2040. The van der Waals surface area contributed by atoms with Crippen molar-refractivity contribution in [1.29, 1.82) is 0 Å². The highest BCUT2D eigenvalue weighted by atomic mass is 79.9. The number of aromatic nitrogens is 1. The number of ether oxygens (including phenoxy) is 1. The number of alkyl halides is 3. The Morgan fingerprint density at radius 1 is 0.939 bits per heavy atom. The van der Waals surface area contributed by atoms with Crippen LogP contribution in [0.3, 0.4) is 0 Å².